The van der Waals surface area contributed by atoms with Gasteiger partial charge in [-0.1, -0.05) is 0 Å². The molecule has 2 aliphatic rings. The van der Waals surface area contributed by atoms with Gasteiger partial charge in [-0.2, -0.15) is 0 Å². The number of piperidine rings is 1. The summed E-state index contributed by atoms with van der Waals surface area (Å²) in [5, 5.41) is 18.9. The van der Waals surface area contributed by atoms with Crippen molar-refractivity contribution in [2.45, 2.75) is 54.6 Å². The molecule has 0 aromatic rings. The summed E-state index contributed by atoms with van der Waals surface area (Å²) in [7, 11) is 0. The molecule has 2 rings (SSSR count). The Balaban J connectivity index is 1.88. The molecule has 4 unspecified atom stereocenters. The third kappa shape index (κ3) is 4.50. The van der Waals surface area contributed by atoms with Gasteiger partial charge in [0.15, 0.2) is 0 Å². The lowest BCUT2D eigenvalue weighted by Crippen LogP contribution is -2.53. The number of amides is 1. The van der Waals surface area contributed by atoms with Crippen LogP contribution in [0.4, 0.5) is 0 Å². The van der Waals surface area contributed by atoms with Crippen molar-refractivity contribution in [3.05, 3.63) is 0 Å². The maximum absolute atomic E-state index is 12.0. The molecule has 0 radical (unpaired) electrons. The van der Waals surface area contributed by atoms with E-state index in [4.69, 9.17) is 39.8 Å². The first kappa shape index (κ1) is 19.2. The average Bonchev–Trinajstić information content (AvgIpc) is 2.56. The van der Waals surface area contributed by atoms with E-state index >= 15 is 0 Å². The van der Waals surface area contributed by atoms with Crippen LogP contribution >= 0.6 is 23.2 Å². The van der Waals surface area contributed by atoms with E-state index < -0.39 is 12.1 Å². The zero-order valence-corrected chi connectivity index (χ0v) is 14.7. The number of nitrogens with two attached hydrogens (primary N) is 2. The van der Waals surface area contributed by atoms with Gasteiger partial charge in [-0.3, -0.25) is 4.79 Å². The fourth-order valence-electron chi connectivity index (χ4n) is 3.70. The quantitative estimate of drug-likeness (QED) is 0.516. The van der Waals surface area contributed by atoms with E-state index in [0.29, 0.717) is 25.9 Å². The second-order valence-corrected chi connectivity index (χ2v) is 7.88. The maximum Gasteiger partial charge on any atom is 0.241 e. The topological polar surface area (TPSA) is 113 Å². The Labute approximate surface area is 147 Å². The molecule has 1 amide bonds. The largest absolute Gasteiger partial charge is 0.394 e. The van der Waals surface area contributed by atoms with E-state index in [0.717, 1.165) is 12.8 Å². The highest BCUT2D eigenvalue weighted by molar-refractivity contribution is 6.30. The van der Waals surface area contributed by atoms with Crippen LogP contribution in [-0.2, 0) is 4.79 Å². The van der Waals surface area contributed by atoms with E-state index in [2.05, 4.69) is 0 Å². The fraction of sp³-hybridized carbons (Fsp3) is 0.933. The third-order valence-corrected chi connectivity index (χ3v) is 6.35. The van der Waals surface area contributed by atoms with Gasteiger partial charge in [0.05, 0.1) is 23.5 Å². The van der Waals surface area contributed by atoms with Gasteiger partial charge < -0.3 is 26.6 Å². The lowest BCUT2D eigenvalue weighted by molar-refractivity contribution is -0.135. The highest BCUT2D eigenvalue weighted by Crippen LogP contribution is 2.36. The molecule has 2 fully saturated rings. The maximum atomic E-state index is 12.0. The van der Waals surface area contributed by atoms with Crippen molar-refractivity contribution in [2.75, 3.05) is 19.7 Å². The molecule has 0 bridgehead atoms. The first-order valence-corrected chi connectivity index (χ1v) is 9.09. The molecule has 0 aromatic heterocycles. The number of nitrogens with zero attached hydrogens (tertiary/aromatic N) is 1. The van der Waals surface area contributed by atoms with Crippen molar-refractivity contribution in [1.82, 2.24) is 4.90 Å². The van der Waals surface area contributed by atoms with Gasteiger partial charge in [-0.05, 0) is 31.6 Å². The number of carbonyl (C=O) groups is 1. The molecule has 0 aromatic carbocycles. The highest BCUT2D eigenvalue weighted by atomic mass is 35.5. The Morgan fingerprint density at radius 2 is 1.74 bits per heavy atom. The van der Waals surface area contributed by atoms with Gasteiger partial charge in [0.2, 0.25) is 5.91 Å². The molecule has 1 aliphatic carbocycles. The number of rotatable bonds is 4. The summed E-state index contributed by atoms with van der Waals surface area (Å²) in [4.78, 5) is 13.7. The van der Waals surface area contributed by atoms with Crippen LogP contribution in [0.25, 0.3) is 0 Å². The number of alkyl halides is 2. The van der Waals surface area contributed by atoms with E-state index in [1.165, 1.54) is 0 Å². The predicted molar refractivity (Wildman–Crippen MR) is 90.4 cm³/mol. The molecule has 134 valence electrons. The van der Waals surface area contributed by atoms with Crippen LogP contribution < -0.4 is 11.5 Å². The fourth-order valence-corrected chi connectivity index (χ4v) is 4.29. The van der Waals surface area contributed by atoms with Gasteiger partial charge in [-0.25, -0.2) is 0 Å². The van der Waals surface area contributed by atoms with E-state index in [-0.39, 0.29) is 41.1 Å². The molecule has 8 heteroatoms. The smallest absolute Gasteiger partial charge is 0.241 e. The number of likely N-dealkylation sites (tertiary alicyclic amines) is 1. The van der Waals surface area contributed by atoms with Crippen LogP contribution in [-0.4, -0.2) is 69.7 Å². The Hall–Kier alpha value is -0.110. The van der Waals surface area contributed by atoms with Crippen molar-refractivity contribution >= 4 is 29.1 Å². The standard InChI is InChI=1S/C15H27Cl2N3O3/c16-10-5-9(13(22)6-11(10)17)14(19)8-1-3-20(4-2-8)15(23)12(18)7-21/h8-14,21-22H,1-7,18-19H2/t9?,10?,11?,12-,13?,14-/m1/s1. The number of hydrogen-bond donors (Lipinski definition) is 4. The second-order valence-electron chi connectivity index (χ2n) is 6.76. The minimum Gasteiger partial charge on any atom is -0.394 e. The third-order valence-electron chi connectivity index (χ3n) is 5.25. The van der Waals surface area contributed by atoms with Gasteiger partial charge in [-0.15, -0.1) is 23.2 Å². The molecule has 6 N–H and O–H groups in total. The number of aliphatic hydroxyl groups excluding tert-OH is 2. The first-order chi connectivity index (χ1) is 10.8. The Morgan fingerprint density at radius 1 is 1.17 bits per heavy atom. The van der Waals surface area contributed by atoms with Crippen molar-refractivity contribution in [3.8, 4) is 0 Å². The van der Waals surface area contributed by atoms with Crippen molar-refractivity contribution in [2.24, 2.45) is 23.3 Å². The summed E-state index contributed by atoms with van der Waals surface area (Å²) in [6.45, 7) is 0.815. The van der Waals surface area contributed by atoms with Crippen molar-refractivity contribution < 1.29 is 15.0 Å². The predicted octanol–water partition coefficient (Wildman–Crippen LogP) is -0.142. The average molecular weight is 368 g/mol. The lowest BCUT2D eigenvalue weighted by atomic mass is 9.74. The normalized spacial score (nSPS) is 35.8. The summed E-state index contributed by atoms with van der Waals surface area (Å²) >= 11 is 12.3. The van der Waals surface area contributed by atoms with Crippen LogP contribution in [0.15, 0.2) is 0 Å². The SMILES string of the molecule is N[C@H](C1CCN(C(=O)[C@H](N)CO)CC1)C1CC(Cl)C(Cl)CC1O. The second kappa shape index (κ2) is 8.32. The van der Waals surface area contributed by atoms with E-state index in [1.807, 2.05) is 0 Å². The number of hydrogen-bond acceptors (Lipinski definition) is 5. The Kier molecular flexibility index (Phi) is 6.95. The molecular formula is C15H27Cl2N3O3. The van der Waals surface area contributed by atoms with Gasteiger partial charge in [0, 0.05) is 25.0 Å². The molecule has 23 heavy (non-hydrogen) atoms. The van der Waals surface area contributed by atoms with Gasteiger partial charge in [0.1, 0.15) is 6.04 Å². The van der Waals surface area contributed by atoms with Crippen LogP contribution in [0.2, 0.25) is 0 Å². The number of halogens is 2. The van der Waals surface area contributed by atoms with Gasteiger partial charge in [0.25, 0.3) is 0 Å². The van der Waals surface area contributed by atoms with Crippen LogP contribution in [0.3, 0.4) is 0 Å². The van der Waals surface area contributed by atoms with Crippen molar-refractivity contribution in [3.63, 3.8) is 0 Å². The van der Waals surface area contributed by atoms with Crippen LogP contribution in [0.5, 0.6) is 0 Å². The molecule has 1 heterocycles. The number of aliphatic hydroxyl groups is 2. The minimum atomic E-state index is -0.849. The lowest BCUT2D eigenvalue weighted by Gasteiger charge is -2.42. The minimum absolute atomic E-state index is 0.0561. The summed E-state index contributed by atoms with van der Waals surface area (Å²) in [5.74, 6) is -0.0396. The van der Waals surface area contributed by atoms with Crippen LogP contribution in [0, 0.1) is 11.8 Å². The monoisotopic (exact) mass is 367 g/mol. The molecule has 1 saturated heterocycles. The molecule has 6 atom stereocenters. The summed E-state index contributed by atoms with van der Waals surface area (Å²) in [6, 6.07) is -1.00. The zero-order valence-electron chi connectivity index (χ0n) is 13.2. The Bertz CT molecular complexity index is 407. The number of carbonyl (C=O) groups excluding carboxylic acids is 1. The molecule has 1 aliphatic heterocycles. The highest BCUT2D eigenvalue weighted by Gasteiger charge is 2.40. The summed E-state index contributed by atoms with van der Waals surface area (Å²) in [6.07, 6.45) is 2.10. The Morgan fingerprint density at radius 3 is 2.30 bits per heavy atom. The molecular weight excluding hydrogens is 341 g/mol. The van der Waals surface area contributed by atoms with E-state index in [9.17, 15) is 9.90 Å². The van der Waals surface area contributed by atoms with E-state index in [1.54, 1.807) is 4.90 Å². The van der Waals surface area contributed by atoms with Crippen LogP contribution in [0.1, 0.15) is 25.7 Å². The summed E-state index contributed by atoms with van der Waals surface area (Å²) in [5.41, 5.74) is 12.0. The molecule has 1 saturated carbocycles. The first-order valence-electron chi connectivity index (χ1n) is 8.22. The molecule has 0 spiro atoms. The van der Waals surface area contributed by atoms with Gasteiger partial charge >= 0.3 is 0 Å². The molecule has 6 nitrogen and oxygen atoms in total. The zero-order chi connectivity index (χ0) is 17.1. The van der Waals surface area contributed by atoms with Crippen molar-refractivity contribution in [1.29, 1.82) is 0 Å². The summed E-state index contributed by atoms with van der Waals surface area (Å²) < 4.78 is 0.